The molecular weight excluding hydrogens is 341 g/mol. The summed E-state index contributed by atoms with van der Waals surface area (Å²) in [4.78, 5) is 10.5. The van der Waals surface area contributed by atoms with E-state index >= 15 is 0 Å². The number of hydrogen-bond acceptors (Lipinski definition) is 1. The fourth-order valence-corrected chi connectivity index (χ4v) is 0. The van der Waals surface area contributed by atoms with Crippen molar-refractivity contribution in [3.8, 4) is 0 Å². The number of rotatable bonds is 0. The molecular formula is C14H36GeOSi3. The van der Waals surface area contributed by atoms with Gasteiger partial charge in [-0.1, -0.05) is 58.9 Å². The van der Waals surface area contributed by atoms with Crippen molar-refractivity contribution in [1.82, 2.24) is 0 Å². The zero-order valence-electron chi connectivity index (χ0n) is 15.4. The maximum atomic E-state index is 10.5. The topological polar surface area (TPSA) is 17.1 Å². The Labute approximate surface area is 137 Å². The molecule has 5 heteroatoms. The van der Waals surface area contributed by atoms with Crippen LogP contribution in [-0.2, 0) is 4.79 Å². The van der Waals surface area contributed by atoms with Gasteiger partial charge in [0.15, 0.2) is 0 Å². The molecule has 0 amide bonds. The van der Waals surface area contributed by atoms with E-state index in [2.05, 4.69) is 58.9 Å². The quantitative estimate of drug-likeness (QED) is 0.552. The van der Waals surface area contributed by atoms with Crippen LogP contribution in [0.1, 0.15) is 20.8 Å². The van der Waals surface area contributed by atoms with E-state index in [0.717, 1.165) is 0 Å². The molecule has 0 aromatic carbocycles. The molecule has 0 saturated carbocycles. The zero-order valence-corrected chi connectivity index (χ0v) is 20.5. The summed E-state index contributed by atoms with van der Waals surface area (Å²) in [6.07, 6.45) is 0. The van der Waals surface area contributed by atoms with Crippen LogP contribution in [0.15, 0.2) is 0 Å². The predicted octanol–water partition coefficient (Wildman–Crippen LogP) is 4.84. The Morgan fingerprint density at radius 1 is 0.684 bits per heavy atom. The minimum absolute atomic E-state index is 0.120. The minimum atomic E-state index is -0.139. The van der Waals surface area contributed by atoms with Crippen LogP contribution in [0.5, 0.6) is 0 Å². The van der Waals surface area contributed by atoms with Crippen molar-refractivity contribution in [2.24, 2.45) is 5.41 Å². The Morgan fingerprint density at radius 3 is 0.737 bits per heavy atom. The molecule has 0 aliphatic carbocycles. The van der Waals surface area contributed by atoms with Crippen LogP contribution in [0.4, 0.5) is 0 Å². The maximum Gasteiger partial charge on any atom is 0.0379 e. The van der Waals surface area contributed by atoms with Crippen molar-refractivity contribution >= 4 is 47.5 Å². The molecule has 0 N–H and O–H groups in total. The first-order chi connectivity index (χ1) is 8.14. The van der Waals surface area contributed by atoms with Gasteiger partial charge >= 0.3 is 52.1 Å². The average Bonchev–Trinajstić information content (AvgIpc) is 1.96. The van der Waals surface area contributed by atoms with E-state index in [0.29, 0.717) is 0 Å². The summed E-state index contributed by atoms with van der Waals surface area (Å²) in [6.45, 7) is 26.2. The van der Waals surface area contributed by atoms with Crippen molar-refractivity contribution in [2.45, 2.75) is 79.7 Å². The van der Waals surface area contributed by atoms with Crippen LogP contribution < -0.4 is 0 Å². The van der Waals surface area contributed by atoms with Crippen molar-refractivity contribution in [3.63, 3.8) is 0 Å². The first kappa shape index (κ1) is 28.1. The Morgan fingerprint density at radius 2 is 0.737 bits per heavy atom. The van der Waals surface area contributed by atoms with Gasteiger partial charge in [0, 0.05) is 26.4 Å². The molecule has 0 atom stereocenters. The standard InChI is InChI=1S/C5H9GeO.3C3H9Si/c1-5(2,3)4(6)7;3*1-4(2)3/h1-3H3;3*1-3H3. The van der Waals surface area contributed by atoms with E-state index < -0.39 is 0 Å². The summed E-state index contributed by atoms with van der Waals surface area (Å²) in [5.41, 5.74) is -0.139. The van der Waals surface area contributed by atoms with E-state index in [1.54, 1.807) is 16.5 Å². The first-order valence-electron chi connectivity index (χ1n) is 6.70. The van der Waals surface area contributed by atoms with Crippen LogP contribution in [0.25, 0.3) is 0 Å². The van der Waals surface area contributed by atoms with Gasteiger partial charge in [-0.05, 0) is 0 Å². The Hall–Kier alpha value is 0.864. The van der Waals surface area contributed by atoms with Crippen LogP contribution in [0, 0.1) is 5.41 Å². The van der Waals surface area contributed by atoms with Gasteiger partial charge in [0.2, 0.25) is 0 Å². The third-order valence-corrected chi connectivity index (χ3v) is 2.25. The van der Waals surface area contributed by atoms with Crippen molar-refractivity contribution < 1.29 is 4.79 Å². The number of hydrogen-bond donors (Lipinski definition) is 0. The molecule has 0 aromatic heterocycles. The molecule has 0 aliphatic heterocycles. The van der Waals surface area contributed by atoms with Crippen LogP contribution in [-0.4, -0.2) is 47.5 Å². The second-order valence-electron chi connectivity index (χ2n) is 7.08. The predicted molar refractivity (Wildman–Crippen MR) is 100 cm³/mol. The van der Waals surface area contributed by atoms with Gasteiger partial charge in [0.05, 0.1) is 0 Å². The number of carbonyl (C=O) groups excluding carboxylic acids is 1. The summed E-state index contributed by atoms with van der Waals surface area (Å²) in [5.74, 6) is 0. The molecule has 0 aromatic rings. The summed E-state index contributed by atoms with van der Waals surface area (Å²) in [6, 6.07) is 0. The monoisotopic (exact) mass is 378 g/mol. The third kappa shape index (κ3) is 114. The van der Waals surface area contributed by atoms with Gasteiger partial charge in [-0.3, -0.25) is 0 Å². The third-order valence-electron chi connectivity index (χ3n) is 0.681. The zero-order chi connectivity index (χ0) is 16.8. The maximum absolute atomic E-state index is 10.5. The smallest absolute Gasteiger partial charge is 0.0379 e. The molecule has 0 bridgehead atoms. The van der Waals surface area contributed by atoms with Crippen LogP contribution in [0.2, 0.25) is 58.9 Å². The summed E-state index contributed by atoms with van der Waals surface area (Å²) < 4.78 is 0.243. The van der Waals surface area contributed by atoms with Crippen molar-refractivity contribution in [3.05, 3.63) is 0 Å². The van der Waals surface area contributed by atoms with Gasteiger partial charge in [-0.2, -0.15) is 0 Å². The molecule has 0 rings (SSSR count). The van der Waals surface area contributed by atoms with Crippen LogP contribution >= 0.6 is 0 Å². The van der Waals surface area contributed by atoms with Gasteiger partial charge in [0.1, 0.15) is 0 Å². The second kappa shape index (κ2) is 16.9. The Balaban J connectivity index is -0.0000000825. The fraction of sp³-hybridized carbons (Fsp3) is 0.929. The molecule has 0 saturated heterocycles. The van der Waals surface area contributed by atoms with Crippen LogP contribution in [0.3, 0.4) is 0 Å². The second-order valence-corrected chi connectivity index (χ2v) is 17.0. The molecule has 0 spiro atoms. The minimum Gasteiger partial charge on any atom is -0.0715 e. The fourth-order valence-electron chi connectivity index (χ4n) is 0. The van der Waals surface area contributed by atoms with Gasteiger partial charge in [-0.15, -0.1) is 0 Å². The van der Waals surface area contributed by atoms with Gasteiger partial charge in [-0.25, -0.2) is 0 Å². The number of carbonyl (C=O) groups is 1. The van der Waals surface area contributed by atoms with E-state index in [-0.39, 0.29) is 36.4 Å². The first-order valence-corrected chi connectivity index (χ1v) is 16.8. The van der Waals surface area contributed by atoms with Gasteiger partial charge < -0.3 is 0 Å². The SMILES string of the molecule is CC(C)(C)[C](=O)[Ge].C[Si](C)C.C[Si](C)C.C[Si](C)C. The van der Waals surface area contributed by atoms with Gasteiger partial charge in [0.25, 0.3) is 0 Å². The van der Waals surface area contributed by atoms with E-state index in [1.807, 2.05) is 20.8 Å². The molecule has 114 valence electrons. The van der Waals surface area contributed by atoms with Crippen molar-refractivity contribution in [2.75, 3.05) is 0 Å². The summed E-state index contributed by atoms with van der Waals surface area (Å²) >= 11 is 1.61. The van der Waals surface area contributed by atoms with E-state index in [4.69, 9.17) is 0 Å². The molecule has 0 unspecified atom stereocenters. The van der Waals surface area contributed by atoms with E-state index in [9.17, 15) is 4.79 Å². The summed E-state index contributed by atoms with van der Waals surface area (Å²) in [7, 11) is 0.361. The Kier molecular flexibility index (Phi) is 25.0. The summed E-state index contributed by atoms with van der Waals surface area (Å²) in [5, 5.41) is 0. The molecule has 0 aliphatic rings. The molecule has 0 fully saturated rings. The molecule has 0 heterocycles. The Bertz CT molecular complexity index is 165. The average molecular weight is 377 g/mol. The van der Waals surface area contributed by atoms with Crippen molar-refractivity contribution in [1.29, 1.82) is 0 Å². The molecule has 19 heavy (non-hydrogen) atoms. The van der Waals surface area contributed by atoms with E-state index in [1.165, 1.54) is 0 Å². The molecule has 1 nitrogen and oxygen atoms in total. The molecule has 6 radical (unpaired) electrons. The largest absolute Gasteiger partial charge is 0.0715 e. The normalized spacial score (nSPS) is 9.89.